The maximum Gasteiger partial charge on any atom is 0.435 e. The summed E-state index contributed by atoms with van der Waals surface area (Å²) in [6, 6.07) is 19.9. The number of aryl methyl sites for hydroxylation is 1. The van der Waals surface area contributed by atoms with Crippen molar-refractivity contribution in [1.82, 2.24) is 0 Å². The van der Waals surface area contributed by atoms with Crippen LogP contribution in [0.1, 0.15) is 39.9 Å². The maximum atomic E-state index is 14.2. The Hall–Kier alpha value is -3.81. The first-order valence-electron chi connectivity index (χ1n) is 11.3. The normalized spacial score (nSPS) is 19.5. The standard InChI is InChI=1S/C27H23F3N2O3/c1-34-22-14-12-21(13-15-22)26(27(28,29)30)17-23(31-35-26)18-8-10-20(11-9-18)25(33)32-16-4-6-19-5-2-3-7-24(19)32/h2-3,5,7-15H,4,6,16-17H2,1H3. The van der Waals surface area contributed by atoms with Crippen LogP contribution in [0.15, 0.2) is 78.0 Å². The first-order chi connectivity index (χ1) is 16.8. The third kappa shape index (κ3) is 4.03. The topological polar surface area (TPSA) is 51.1 Å². The van der Waals surface area contributed by atoms with Crippen molar-refractivity contribution >= 4 is 17.3 Å². The lowest BCUT2D eigenvalue weighted by Crippen LogP contribution is -2.42. The van der Waals surface area contributed by atoms with Crippen LogP contribution in [-0.2, 0) is 16.9 Å². The fourth-order valence-corrected chi connectivity index (χ4v) is 4.62. The summed E-state index contributed by atoms with van der Waals surface area (Å²) in [6.07, 6.45) is -3.37. The molecule has 180 valence electrons. The van der Waals surface area contributed by atoms with Crippen molar-refractivity contribution in [2.45, 2.75) is 31.0 Å². The van der Waals surface area contributed by atoms with Gasteiger partial charge < -0.3 is 14.5 Å². The number of hydrogen-bond donors (Lipinski definition) is 0. The third-order valence-electron chi connectivity index (χ3n) is 6.56. The summed E-state index contributed by atoms with van der Waals surface area (Å²) in [7, 11) is 1.44. The Morgan fingerprint density at radius 3 is 2.43 bits per heavy atom. The maximum absolute atomic E-state index is 14.2. The number of amides is 1. The molecule has 35 heavy (non-hydrogen) atoms. The molecule has 2 aliphatic heterocycles. The van der Waals surface area contributed by atoms with E-state index in [1.54, 1.807) is 29.2 Å². The van der Waals surface area contributed by atoms with Crippen molar-refractivity contribution in [2.24, 2.45) is 5.16 Å². The molecule has 1 amide bonds. The van der Waals surface area contributed by atoms with Crippen LogP contribution in [0.4, 0.5) is 18.9 Å². The summed E-state index contributed by atoms with van der Waals surface area (Å²) in [5, 5.41) is 3.81. The summed E-state index contributed by atoms with van der Waals surface area (Å²) in [4.78, 5) is 20.0. The molecular formula is C27H23F3N2O3. The predicted octanol–water partition coefficient (Wildman–Crippen LogP) is 5.87. The molecule has 2 heterocycles. The van der Waals surface area contributed by atoms with Crippen LogP contribution in [0.5, 0.6) is 5.75 Å². The lowest BCUT2D eigenvalue weighted by molar-refractivity contribution is -0.275. The number of methoxy groups -OCH3 is 1. The number of rotatable bonds is 4. The molecule has 1 atom stereocenters. The van der Waals surface area contributed by atoms with Crippen molar-refractivity contribution in [3.63, 3.8) is 0 Å². The highest BCUT2D eigenvalue weighted by Gasteiger charge is 2.62. The molecular weight excluding hydrogens is 457 g/mol. The van der Waals surface area contributed by atoms with Gasteiger partial charge in [0.25, 0.3) is 11.5 Å². The van der Waals surface area contributed by atoms with E-state index < -0.39 is 18.2 Å². The molecule has 0 fully saturated rings. The number of fused-ring (bicyclic) bond motifs is 1. The summed E-state index contributed by atoms with van der Waals surface area (Å²) in [5.41, 5.74) is 0.489. The number of oxime groups is 1. The van der Waals surface area contributed by atoms with E-state index in [-0.39, 0.29) is 17.2 Å². The summed E-state index contributed by atoms with van der Waals surface area (Å²) < 4.78 is 47.6. The van der Waals surface area contributed by atoms with Gasteiger partial charge in [0.1, 0.15) is 5.75 Å². The van der Waals surface area contributed by atoms with Crippen LogP contribution in [0.3, 0.4) is 0 Å². The van der Waals surface area contributed by atoms with Crippen molar-refractivity contribution < 1.29 is 27.5 Å². The van der Waals surface area contributed by atoms with E-state index in [1.165, 1.54) is 31.4 Å². The first kappa shape index (κ1) is 23.0. The monoisotopic (exact) mass is 480 g/mol. The smallest absolute Gasteiger partial charge is 0.435 e. The quantitative estimate of drug-likeness (QED) is 0.469. The number of anilines is 1. The van der Waals surface area contributed by atoms with Crippen molar-refractivity contribution in [1.29, 1.82) is 0 Å². The molecule has 0 saturated heterocycles. The molecule has 0 radical (unpaired) electrons. The Labute approximate surface area is 200 Å². The van der Waals surface area contributed by atoms with Crippen LogP contribution in [0, 0.1) is 0 Å². The molecule has 2 aliphatic rings. The molecule has 0 aliphatic carbocycles. The van der Waals surface area contributed by atoms with E-state index in [0.29, 0.717) is 23.4 Å². The molecule has 0 spiro atoms. The van der Waals surface area contributed by atoms with E-state index in [0.717, 1.165) is 24.1 Å². The fraction of sp³-hybridized carbons (Fsp3) is 0.259. The van der Waals surface area contributed by atoms with Crippen LogP contribution in [-0.4, -0.2) is 31.4 Å². The molecule has 1 unspecified atom stereocenters. The number of hydrogen-bond acceptors (Lipinski definition) is 4. The molecule has 0 aromatic heterocycles. The number of carbonyl (C=O) groups is 1. The Kier molecular flexibility index (Phi) is 5.75. The molecule has 0 saturated carbocycles. The van der Waals surface area contributed by atoms with Gasteiger partial charge in [0.2, 0.25) is 0 Å². The highest BCUT2D eigenvalue weighted by atomic mass is 19.4. The van der Waals surface area contributed by atoms with Gasteiger partial charge in [-0.25, -0.2) is 0 Å². The van der Waals surface area contributed by atoms with Gasteiger partial charge in [-0.1, -0.05) is 47.6 Å². The highest BCUT2D eigenvalue weighted by Crippen LogP contribution is 2.49. The van der Waals surface area contributed by atoms with Crippen molar-refractivity contribution in [3.05, 3.63) is 95.1 Å². The second kappa shape index (κ2) is 8.76. The fourth-order valence-electron chi connectivity index (χ4n) is 4.62. The molecule has 3 aromatic rings. The van der Waals surface area contributed by atoms with Gasteiger partial charge in [0, 0.05) is 29.8 Å². The Morgan fingerprint density at radius 2 is 1.74 bits per heavy atom. The lowest BCUT2D eigenvalue weighted by atomic mass is 9.86. The molecule has 3 aromatic carbocycles. The minimum Gasteiger partial charge on any atom is -0.497 e. The molecule has 5 rings (SSSR count). The summed E-state index contributed by atoms with van der Waals surface area (Å²) in [5.74, 6) is 0.304. The predicted molar refractivity (Wildman–Crippen MR) is 126 cm³/mol. The first-order valence-corrected chi connectivity index (χ1v) is 11.3. The molecule has 8 heteroatoms. The van der Waals surface area contributed by atoms with Crippen LogP contribution in [0.25, 0.3) is 0 Å². The lowest BCUT2D eigenvalue weighted by Gasteiger charge is -2.29. The number of ether oxygens (including phenoxy) is 1. The van der Waals surface area contributed by atoms with Crippen LogP contribution < -0.4 is 9.64 Å². The average molecular weight is 480 g/mol. The number of para-hydroxylation sites is 1. The zero-order valence-corrected chi connectivity index (χ0v) is 19.0. The van der Waals surface area contributed by atoms with Gasteiger partial charge in [-0.3, -0.25) is 4.79 Å². The van der Waals surface area contributed by atoms with E-state index >= 15 is 0 Å². The van der Waals surface area contributed by atoms with Gasteiger partial charge in [0.05, 0.1) is 12.8 Å². The van der Waals surface area contributed by atoms with Gasteiger partial charge in [-0.15, -0.1) is 0 Å². The van der Waals surface area contributed by atoms with Gasteiger partial charge >= 0.3 is 6.18 Å². The number of nitrogens with zero attached hydrogens (tertiary/aromatic N) is 2. The molecule has 0 bridgehead atoms. The van der Waals surface area contributed by atoms with E-state index in [9.17, 15) is 18.0 Å². The zero-order valence-electron chi connectivity index (χ0n) is 19.0. The van der Waals surface area contributed by atoms with E-state index in [1.807, 2.05) is 24.3 Å². The Balaban J connectivity index is 1.38. The third-order valence-corrected chi connectivity index (χ3v) is 6.56. The summed E-state index contributed by atoms with van der Waals surface area (Å²) >= 11 is 0. The number of benzene rings is 3. The Morgan fingerprint density at radius 1 is 1.03 bits per heavy atom. The summed E-state index contributed by atoms with van der Waals surface area (Å²) in [6.45, 7) is 0.619. The van der Waals surface area contributed by atoms with Crippen LogP contribution >= 0.6 is 0 Å². The minimum atomic E-state index is -4.69. The number of carbonyl (C=O) groups excluding carboxylic acids is 1. The second-order valence-corrected chi connectivity index (χ2v) is 8.63. The SMILES string of the molecule is COc1ccc(C2(C(F)(F)F)CC(c3ccc(C(=O)N4CCCc5ccccc54)cc3)=NO2)cc1. The van der Waals surface area contributed by atoms with Crippen molar-refractivity contribution in [2.75, 3.05) is 18.6 Å². The van der Waals surface area contributed by atoms with Crippen molar-refractivity contribution in [3.8, 4) is 5.75 Å². The van der Waals surface area contributed by atoms with Crippen LogP contribution in [0.2, 0.25) is 0 Å². The minimum absolute atomic E-state index is 0.0555. The van der Waals surface area contributed by atoms with Gasteiger partial charge in [0.15, 0.2) is 0 Å². The average Bonchev–Trinajstić information content (AvgIpc) is 3.35. The zero-order chi connectivity index (χ0) is 24.6. The van der Waals surface area contributed by atoms with E-state index in [2.05, 4.69) is 5.16 Å². The van der Waals surface area contributed by atoms with Gasteiger partial charge in [-0.05, 0) is 54.3 Å². The number of halogens is 3. The molecule has 0 N–H and O–H groups in total. The van der Waals surface area contributed by atoms with E-state index in [4.69, 9.17) is 9.57 Å². The Bertz CT molecular complexity index is 1270. The highest BCUT2D eigenvalue weighted by molar-refractivity contribution is 6.08. The van der Waals surface area contributed by atoms with Gasteiger partial charge in [-0.2, -0.15) is 13.2 Å². The molecule has 5 nitrogen and oxygen atoms in total. The number of alkyl halides is 3. The second-order valence-electron chi connectivity index (χ2n) is 8.63. The largest absolute Gasteiger partial charge is 0.497 e.